The Morgan fingerprint density at radius 3 is 1.50 bits per heavy atom. The molecule has 78 valence electrons. The van der Waals surface area contributed by atoms with E-state index < -0.39 is 23.8 Å². The van der Waals surface area contributed by atoms with Crippen molar-refractivity contribution in [1.29, 1.82) is 0 Å². The first-order valence-electron chi connectivity index (χ1n) is 4.50. The highest BCUT2D eigenvalue weighted by Crippen LogP contribution is 2.33. The van der Waals surface area contributed by atoms with E-state index in [2.05, 4.69) is 0 Å². The summed E-state index contributed by atoms with van der Waals surface area (Å²) in [5.41, 5.74) is 1.88. The van der Waals surface area contributed by atoms with Crippen LogP contribution in [0.5, 0.6) is 0 Å². The SMILES string of the molecule is CC1=C(C)C[C@H](C(=O)[O-])[C@@H](C(=O)[O-])C1. The zero-order valence-electron chi connectivity index (χ0n) is 8.20. The molecular formula is C10H12O4-2. The lowest BCUT2D eigenvalue weighted by molar-refractivity contribution is -0.327. The van der Waals surface area contributed by atoms with Crippen LogP contribution in [0.1, 0.15) is 26.7 Å². The molecule has 0 heterocycles. The molecule has 0 radical (unpaired) electrons. The van der Waals surface area contributed by atoms with Gasteiger partial charge in [-0.3, -0.25) is 0 Å². The topological polar surface area (TPSA) is 80.3 Å². The van der Waals surface area contributed by atoms with Gasteiger partial charge in [0.05, 0.1) is 0 Å². The van der Waals surface area contributed by atoms with Gasteiger partial charge in [-0.25, -0.2) is 0 Å². The van der Waals surface area contributed by atoms with Gasteiger partial charge in [-0.15, -0.1) is 0 Å². The van der Waals surface area contributed by atoms with E-state index in [1.165, 1.54) is 0 Å². The Bertz CT molecular complexity index is 273. The zero-order valence-corrected chi connectivity index (χ0v) is 8.20. The van der Waals surface area contributed by atoms with Gasteiger partial charge in [0.15, 0.2) is 0 Å². The fourth-order valence-electron chi connectivity index (χ4n) is 1.79. The van der Waals surface area contributed by atoms with Crippen molar-refractivity contribution < 1.29 is 19.8 Å². The first-order valence-corrected chi connectivity index (χ1v) is 4.50. The van der Waals surface area contributed by atoms with E-state index in [1.54, 1.807) is 0 Å². The second kappa shape index (κ2) is 3.82. The predicted octanol–water partition coefficient (Wildman–Crippen LogP) is -1.15. The monoisotopic (exact) mass is 196 g/mol. The summed E-state index contributed by atoms with van der Waals surface area (Å²) in [6.45, 7) is 3.63. The summed E-state index contributed by atoms with van der Waals surface area (Å²) >= 11 is 0. The zero-order chi connectivity index (χ0) is 10.9. The maximum atomic E-state index is 10.7. The molecule has 1 aliphatic carbocycles. The second-order valence-corrected chi connectivity index (χ2v) is 3.82. The number of hydrogen-bond acceptors (Lipinski definition) is 4. The van der Waals surface area contributed by atoms with Gasteiger partial charge in [0.25, 0.3) is 0 Å². The summed E-state index contributed by atoms with van der Waals surface area (Å²) in [6.07, 6.45) is 0.514. The molecule has 0 aromatic heterocycles. The summed E-state index contributed by atoms with van der Waals surface area (Å²) in [7, 11) is 0. The van der Waals surface area contributed by atoms with Crippen LogP contribution >= 0.6 is 0 Å². The third kappa shape index (κ3) is 1.95. The quantitative estimate of drug-likeness (QED) is 0.522. The highest BCUT2D eigenvalue weighted by molar-refractivity contribution is 5.79. The van der Waals surface area contributed by atoms with Crippen molar-refractivity contribution in [1.82, 2.24) is 0 Å². The minimum atomic E-state index is -1.30. The molecule has 0 bridgehead atoms. The molecular weight excluding hydrogens is 184 g/mol. The van der Waals surface area contributed by atoms with Gasteiger partial charge in [-0.1, -0.05) is 11.1 Å². The molecule has 2 atom stereocenters. The molecule has 0 unspecified atom stereocenters. The number of allylic oxidation sites excluding steroid dienone is 2. The Hall–Kier alpha value is -1.32. The van der Waals surface area contributed by atoms with Crippen molar-refractivity contribution in [3.63, 3.8) is 0 Å². The summed E-state index contributed by atoms with van der Waals surface area (Å²) in [4.78, 5) is 21.4. The Morgan fingerprint density at radius 2 is 1.29 bits per heavy atom. The van der Waals surface area contributed by atoms with Gasteiger partial charge < -0.3 is 19.8 Å². The van der Waals surface area contributed by atoms with Crippen molar-refractivity contribution in [2.24, 2.45) is 11.8 Å². The van der Waals surface area contributed by atoms with Gasteiger partial charge in [-0.05, 0) is 26.7 Å². The lowest BCUT2D eigenvalue weighted by Gasteiger charge is -2.34. The second-order valence-electron chi connectivity index (χ2n) is 3.82. The molecule has 0 fully saturated rings. The Morgan fingerprint density at radius 1 is 1.00 bits per heavy atom. The van der Waals surface area contributed by atoms with Crippen LogP contribution in [-0.2, 0) is 9.59 Å². The Balaban J connectivity index is 2.95. The maximum Gasteiger partial charge on any atom is 0.0455 e. The number of aliphatic carboxylic acids is 2. The number of hydrogen-bond donors (Lipinski definition) is 0. The van der Waals surface area contributed by atoms with Crippen molar-refractivity contribution in [2.75, 3.05) is 0 Å². The van der Waals surface area contributed by atoms with Gasteiger partial charge in [0.2, 0.25) is 0 Å². The molecule has 4 nitrogen and oxygen atoms in total. The average molecular weight is 196 g/mol. The minimum Gasteiger partial charge on any atom is -0.550 e. The molecule has 0 aromatic carbocycles. The van der Waals surface area contributed by atoms with Crippen LogP contribution in [0.2, 0.25) is 0 Å². The molecule has 14 heavy (non-hydrogen) atoms. The van der Waals surface area contributed by atoms with E-state index in [1.807, 2.05) is 13.8 Å². The maximum absolute atomic E-state index is 10.7. The highest BCUT2D eigenvalue weighted by Gasteiger charge is 2.28. The van der Waals surface area contributed by atoms with E-state index >= 15 is 0 Å². The largest absolute Gasteiger partial charge is 0.550 e. The number of carbonyl (C=O) groups excluding carboxylic acids is 2. The molecule has 0 N–H and O–H groups in total. The fraction of sp³-hybridized carbons (Fsp3) is 0.600. The first kappa shape index (κ1) is 10.8. The molecule has 4 heteroatoms. The van der Waals surface area contributed by atoms with Crippen LogP contribution in [-0.4, -0.2) is 11.9 Å². The smallest absolute Gasteiger partial charge is 0.0455 e. The molecule has 0 saturated heterocycles. The van der Waals surface area contributed by atoms with E-state index in [0.717, 1.165) is 11.1 Å². The first-order chi connectivity index (χ1) is 6.43. The minimum absolute atomic E-state index is 0.257. The summed E-state index contributed by atoms with van der Waals surface area (Å²) in [6, 6.07) is 0. The fourth-order valence-corrected chi connectivity index (χ4v) is 1.79. The number of rotatable bonds is 2. The number of carboxylic acid groups (broad SMARTS) is 2. The van der Waals surface area contributed by atoms with E-state index in [4.69, 9.17) is 0 Å². The molecule has 0 aliphatic heterocycles. The molecule has 1 rings (SSSR count). The van der Waals surface area contributed by atoms with Crippen LogP contribution < -0.4 is 10.2 Å². The van der Waals surface area contributed by atoms with Crippen molar-refractivity contribution in [3.05, 3.63) is 11.1 Å². The van der Waals surface area contributed by atoms with Gasteiger partial charge in [0.1, 0.15) is 0 Å². The average Bonchev–Trinajstić information content (AvgIpc) is 2.08. The van der Waals surface area contributed by atoms with Gasteiger partial charge in [-0.2, -0.15) is 0 Å². The van der Waals surface area contributed by atoms with Crippen molar-refractivity contribution >= 4 is 11.9 Å². The van der Waals surface area contributed by atoms with Crippen molar-refractivity contribution in [3.8, 4) is 0 Å². The summed E-state index contributed by atoms with van der Waals surface area (Å²) in [5, 5.41) is 21.4. The van der Waals surface area contributed by atoms with Crippen molar-refractivity contribution in [2.45, 2.75) is 26.7 Å². The third-order valence-corrected chi connectivity index (χ3v) is 2.87. The molecule has 0 aromatic rings. The lowest BCUT2D eigenvalue weighted by Crippen LogP contribution is -2.45. The summed E-state index contributed by atoms with van der Waals surface area (Å²) in [5.74, 6) is -4.48. The van der Waals surface area contributed by atoms with E-state index in [0.29, 0.717) is 0 Å². The number of carboxylic acids is 2. The Labute approximate surface area is 82.2 Å². The molecule has 1 aliphatic rings. The van der Waals surface area contributed by atoms with Crippen LogP contribution in [0.4, 0.5) is 0 Å². The standard InChI is InChI=1S/C10H14O4/c1-5-3-7(9(11)12)8(10(13)14)4-6(5)2/h7-8H,3-4H2,1-2H3,(H,11,12)(H,13,14)/p-2/t7-,8-/m0/s1. The lowest BCUT2D eigenvalue weighted by atomic mass is 9.76. The van der Waals surface area contributed by atoms with Crippen LogP contribution in [0.3, 0.4) is 0 Å². The molecule has 0 spiro atoms. The van der Waals surface area contributed by atoms with E-state index in [9.17, 15) is 19.8 Å². The third-order valence-electron chi connectivity index (χ3n) is 2.87. The van der Waals surface area contributed by atoms with E-state index in [-0.39, 0.29) is 12.8 Å². The van der Waals surface area contributed by atoms with Crippen LogP contribution in [0.15, 0.2) is 11.1 Å². The highest BCUT2D eigenvalue weighted by atomic mass is 16.4. The van der Waals surface area contributed by atoms with Gasteiger partial charge in [0, 0.05) is 23.8 Å². The molecule has 0 amide bonds. The normalized spacial score (nSPS) is 27.6. The predicted molar refractivity (Wildman–Crippen MR) is 44.6 cm³/mol. The Kier molecular flexibility index (Phi) is 2.93. The van der Waals surface area contributed by atoms with Crippen LogP contribution in [0.25, 0.3) is 0 Å². The summed E-state index contributed by atoms with van der Waals surface area (Å²) < 4.78 is 0. The number of carbonyl (C=O) groups is 2. The van der Waals surface area contributed by atoms with Gasteiger partial charge >= 0.3 is 0 Å². The van der Waals surface area contributed by atoms with Crippen LogP contribution in [0, 0.1) is 11.8 Å². The molecule has 0 saturated carbocycles.